The molecule has 5 rings (SSSR count). The van der Waals surface area contributed by atoms with Gasteiger partial charge in [0.2, 0.25) is 0 Å². The van der Waals surface area contributed by atoms with Gasteiger partial charge >= 0.3 is 5.97 Å². The molecule has 0 aliphatic carbocycles. The largest absolute Gasteiger partial charge is 0.493 e. The summed E-state index contributed by atoms with van der Waals surface area (Å²) in [7, 11) is 1.40. The number of imide groups is 1. The van der Waals surface area contributed by atoms with E-state index >= 15 is 0 Å². The summed E-state index contributed by atoms with van der Waals surface area (Å²) in [6.45, 7) is 0.160. The summed E-state index contributed by atoms with van der Waals surface area (Å²) in [5, 5.41) is 12.6. The number of nitro groups is 1. The lowest BCUT2D eigenvalue weighted by Gasteiger charge is -2.13. The fourth-order valence-corrected chi connectivity index (χ4v) is 4.88. The normalized spacial score (nSPS) is 14.2. The van der Waals surface area contributed by atoms with E-state index in [0.717, 1.165) is 28.1 Å². The molecule has 194 valence electrons. The number of methoxy groups -OCH3 is 1. The first-order valence-electron chi connectivity index (χ1n) is 11.7. The molecule has 0 radical (unpaired) electrons. The second kappa shape index (κ2) is 10.8. The molecule has 0 atom stereocenters. The Morgan fingerprint density at radius 2 is 1.69 bits per heavy atom. The molecule has 1 heterocycles. The van der Waals surface area contributed by atoms with Crippen molar-refractivity contribution >= 4 is 51.4 Å². The minimum atomic E-state index is -0.717. The van der Waals surface area contributed by atoms with E-state index < -0.39 is 16.8 Å². The van der Waals surface area contributed by atoms with Crippen LogP contribution in [0.1, 0.15) is 21.5 Å². The van der Waals surface area contributed by atoms with Crippen LogP contribution in [0.25, 0.3) is 16.8 Å². The molecule has 0 saturated carbocycles. The van der Waals surface area contributed by atoms with Gasteiger partial charge < -0.3 is 9.47 Å². The number of carbonyl (C=O) groups excluding carboxylic acids is 3. The first kappa shape index (κ1) is 25.7. The Morgan fingerprint density at radius 1 is 0.949 bits per heavy atom. The maximum atomic E-state index is 13.1. The van der Waals surface area contributed by atoms with Gasteiger partial charge in [-0.15, -0.1) is 0 Å². The zero-order chi connectivity index (χ0) is 27.5. The molecule has 0 spiro atoms. The van der Waals surface area contributed by atoms with Gasteiger partial charge in [-0.05, 0) is 70.1 Å². The maximum Gasteiger partial charge on any atom is 0.343 e. The molecule has 39 heavy (non-hydrogen) atoms. The monoisotopic (exact) mass is 540 g/mol. The Kier molecular flexibility index (Phi) is 7.11. The highest BCUT2D eigenvalue weighted by Gasteiger charge is 2.35. The van der Waals surface area contributed by atoms with E-state index in [-0.39, 0.29) is 39.4 Å². The van der Waals surface area contributed by atoms with E-state index in [4.69, 9.17) is 9.47 Å². The van der Waals surface area contributed by atoms with Crippen molar-refractivity contribution in [2.24, 2.45) is 0 Å². The number of rotatable bonds is 7. The Bertz CT molecular complexity index is 1660. The van der Waals surface area contributed by atoms with Gasteiger partial charge in [0.1, 0.15) is 0 Å². The average Bonchev–Trinajstić information content (AvgIpc) is 3.20. The summed E-state index contributed by atoms with van der Waals surface area (Å²) in [4.78, 5) is 49.9. The number of hydrogen-bond acceptors (Lipinski definition) is 8. The van der Waals surface area contributed by atoms with Gasteiger partial charge in [0, 0.05) is 12.1 Å². The highest BCUT2D eigenvalue weighted by atomic mass is 32.2. The highest BCUT2D eigenvalue weighted by Crippen LogP contribution is 2.36. The Labute approximate surface area is 226 Å². The second-order valence-electron chi connectivity index (χ2n) is 8.55. The lowest BCUT2D eigenvalue weighted by atomic mass is 10.1. The van der Waals surface area contributed by atoms with E-state index in [1.807, 2.05) is 42.5 Å². The molecule has 0 unspecified atom stereocenters. The van der Waals surface area contributed by atoms with Crippen molar-refractivity contribution in [2.45, 2.75) is 6.54 Å². The molecular weight excluding hydrogens is 520 g/mol. The molecule has 9 nitrogen and oxygen atoms in total. The summed E-state index contributed by atoms with van der Waals surface area (Å²) >= 11 is 0.853. The second-order valence-corrected chi connectivity index (χ2v) is 9.55. The van der Waals surface area contributed by atoms with E-state index in [0.29, 0.717) is 5.56 Å². The lowest BCUT2D eigenvalue weighted by Crippen LogP contribution is -2.27. The van der Waals surface area contributed by atoms with Gasteiger partial charge in [-0.25, -0.2) is 4.79 Å². The molecule has 0 aromatic heterocycles. The number of nitrogens with zero attached hydrogens (tertiary/aromatic N) is 2. The SMILES string of the molecule is COc1cc(/C=C2\SC(=O)N(Cc3ccc4ccccc4c3)C2=O)ccc1OC(=O)c1ccc([N+](=O)[O-])cc1. The third-order valence-corrected chi connectivity index (χ3v) is 6.94. The minimum Gasteiger partial charge on any atom is -0.493 e. The van der Waals surface area contributed by atoms with E-state index in [1.54, 1.807) is 18.2 Å². The molecule has 1 fully saturated rings. The van der Waals surface area contributed by atoms with Crippen LogP contribution in [0.2, 0.25) is 0 Å². The van der Waals surface area contributed by atoms with Gasteiger partial charge in [0.05, 0.1) is 29.0 Å². The smallest absolute Gasteiger partial charge is 0.343 e. The van der Waals surface area contributed by atoms with Crippen molar-refractivity contribution in [3.05, 3.63) is 117 Å². The third-order valence-electron chi connectivity index (χ3n) is 6.03. The van der Waals surface area contributed by atoms with Crippen molar-refractivity contribution in [3.63, 3.8) is 0 Å². The molecule has 10 heteroatoms. The molecule has 0 N–H and O–H groups in total. The van der Waals surface area contributed by atoms with Crippen molar-refractivity contribution in [2.75, 3.05) is 7.11 Å². The number of fused-ring (bicyclic) bond motifs is 1. The molecule has 1 aliphatic heterocycles. The summed E-state index contributed by atoms with van der Waals surface area (Å²) in [5.41, 5.74) is 1.40. The number of nitro benzene ring substituents is 1. The van der Waals surface area contributed by atoms with Gasteiger partial charge in [0.15, 0.2) is 11.5 Å². The summed E-state index contributed by atoms with van der Waals surface area (Å²) in [6.07, 6.45) is 1.58. The zero-order valence-electron chi connectivity index (χ0n) is 20.5. The Morgan fingerprint density at radius 3 is 2.41 bits per heavy atom. The van der Waals surface area contributed by atoms with Crippen LogP contribution < -0.4 is 9.47 Å². The van der Waals surface area contributed by atoms with Crippen molar-refractivity contribution < 1.29 is 28.8 Å². The average molecular weight is 541 g/mol. The summed E-state index contributed by atoms with van der Waals surface area (Å²) in [6, 6.07) is 23.4. The van der Waals surface area contributed by atoms with Gasteiger partial charge in [-0.3, -0.25) is 24.6 Å². The third kappa shape index (κ3) is 5.51. The number of carbonyl (C=O) groups is 3. The highest BCUT2D eigenvalue weighted by molar-refractivity contribution is 8.18. The van der Waals surface area contributed by atoms with E-state index in [1.165, 1.54) is 42.3 Å². The zero-order valence-corrected chi connectivity index (χ0v) is 21.3. The number of non-ortho nitro benzene ring substituents is 1. The number of esters is 1. The van der Waals surface area contributed by atoms with Crippen LogP contribution in [0.15, 0.2) is 89.8 Å². The Hall–Kier alpha value is -4.96. The number of hydrogen-bond donors (Lipinski definition) is 0. The minimum absolute atomic E-state index is 0.127. The fourth-order valence-electron chi connectivity index (χ4n) is 4.04. The van der Waals surface area contributed by atoms with Crippen LogP contribution in [0.4, 0.5) is 10.5 Å². The number of benzene rings is 4. The predicted octanol–water partition coefficient (Wildman–Crippen LogP) is 6.21. The number of ether oxygens (including phenoxy) is 2. The van der Waals surface area contributed by atoms with Crippen molar-refractivity contribution in [1.82, 2.24) is 4.90 Å². The molecular formula is C29H20N2O7S. The molecule has 0 bridgehead atoms. The summed E-state index contributed by atoms with van der Waals surface area (Å²) in [5.74, 6) is -0.756. The quantitative estimate of drug-likeness (QED) is 0.0893. The van der Waals surface area contributed by atoms with Gasteiger partial charge in [-0.2, -0.15) is 0 Å². The first-order valence-corrected chi connectivity index (χ1v) is 12.5. The Balaban J connectivity index is 1.31. The van der Waals surface area contributed by atoms with Crippen LogP contribution in [-0.2, 0) is 11.3 Å². The lowest BCUT2D eigenvalue weighted by molar-refractivity contribution is -0.384. The van der Waals surface area contributed by atoms with Crippen molar-refractivity contribution in [1.29, 1.82) is 0 Å². The number of amides is 2. The van der Waals surface area contributed by atoms with Crippen LogP contribution in [-0.4, -0.2) is 34.0 Å². The standard InChI is InChI=1S/C29H20N2O7S/c1-37-25-15-18(7-13-24(25)38-28(33)21-9-11-23(12-10-21)31(35)36)16-26-27(32)30(29(34)39-26)17-19-6-8-20-4-2-3-5-22(20)14-19/h2-16H,17H2,1H3/b26-16-. The summed E-state index contributed by atoms with van der Waals surface area (Å²) < 4.78 is 10.8. The van der Waals surface area contributed by atoms with Crippen LogP contribution in [0, 0.1) is 10.1 Å². The molecule has 4 aromatic carbocycles. The van der Waals surface area contributed by atoms with E-state index in [9.17, 15) is 24.5 Å². The van der Waals surface area contributed by atoms with E-state index in [2.05, 4.69) is 0 Å². The first-order chi connectivity index (χ1) is 18.8. The van der Waals surface area contributed by atoms with Crippen LogP contribution >= 0.6 is 11.8 Å². The maximum absolute atomic E-state index is 13.1. The van der Waals surface area contributed by atoms with Crippen molar-refractivity contribution in [3.8, 4) is 11.5 Å². The molecule has 2 amide bonds. The fraction of sp³-hybridized carbons (Fsp3) is 0.0690. The topological polar surface area (TPSA) is 116 Å². The van der Waals surface area contributed by atoms with Gasteiger partial charge in [0.25, 0.3) is 16.8 Å². The number of thioether (sulfide) groups is 1. The van der Waals surface area contributed by atoms with Gasteiger partial charge in [-0.1, -0.05) is 42.5 Å². The molecule has 4 aromatic rings. The molecule has 1 aliphatic rings. The van der Waals surface area contributed by atoms with Crippen LogP contribution in [0.5, 0.6) is 11.5 Å². The van der Waals surface area contributed by atoms with Crippen LogP contribution in [0.3, 0.4) is 0 Å². The molecule has 1 saturated heterocycles. The predicted molar refractivity (Wildman–Crippen MR) is 147 cm³/mol.